The molecule has 1 saturated heterocycles. The highest BCUT2D eigenvalue weighted by Crippen LogP contribution is 2.24. The van der Waals surface area contributed by atoms with Gasteiger partial charge in [-0.1, -0.05) is 6.92 Å². The van der Waals surface area contributed by atoms with E-state index in [0.29, 0.717) is 26.1 Å². The summed E-state index contributed by atoms with van der Waals surface area (Å²) in [5.41, 5.74) is -0.0247. The van der Waals surface area contributed by atoms with Gasteiger partial charge in [-0.25, -0.2) is 13.2 Å². The lowest BCUT2D eigenvalue weighted by Gasteiger charge is -2.08. The molecule has 19 heavy (non-hydrogen) atoms. The van der Waals surface area contributed by atoms with E-state index in [9.17, 15) is 13.2 Å². The Morgan fingerprint density at radius 3 is 2.89 bits per heavy atom. The van der Waals surface area contributed by atoms with Gasteiger partial charge >= 0.3 is 5.97 Å². The highest BCUT2D eigenvalue weighted by atomic mass is 35.7. The fourth-order valence-electron chi connectivity index (χ4n) is 1.82. The second kappa shape index (κ2) is 5.48. The highest BCUT2D eigenvalue weighted by Gasteiger charge is 2.31. The second-order valence-corrected chi connectivity index (χ2v) is 6.56. The standard InChI is InChI=1S/C10H13ClN2O5S/c1-2-7-9(19(11,15)16)8(13-12-7)10(14)18-6-3-4-17-5-6/h6H,2-5H2,1H3,(H,12,13). The van der Waals surface area contributed by atoms with Gasteiger partial charge in [0.25, 0.3) is 9.05 Å². The minimum absolute atomic E-state index is 0.282. The molecule has 9 heteroatoms. The van der Waals surface area contributed by atoms with Gasteiger partial charge in [0.1, 0.15) is 11.0 Å². The van der Waals surface area contributed by atoms with Crippen LogP contribution in [-0.2, 0) is 24.9 Å². The molecule has 1 aliphatic rings. The molecular weight excluding hydrogens is 296 g/mol. The fraction of sp³-hybridized carbons (Fsp3) is 0.600. The third-order valence-electron chi connectivity index (χ3n) is 2.74. The summed E-state index contributed by atoms with van der Waals surface area (Å²) < 4.78 is 33.2. The van der Waals surface area contributed by atoms with Crippen molar-refractivity contribution in [3.63, 3.8) is 0 Å². The average Bonchev–Trinajstić information content (AvgIpc) is 2.95. The molecule has 2 rings (SSSR count). The number of H-pyrrole nitrogens is 1. The van der Waals surface area contributed by atoms with Crippen molar-refractivity contribution in [3.8, 4) is 0 Å². The van der Waals surface area contributed by atoms with Crippen LogP contribution in [0, 0.1) is 0 Å². The van der Waals surface area contributed by atoms with Crippen LogP contribution in [0.2, 0.25) is 0 Å². The van der Waals surface area contributed by atoms with Crippen LogP contribution in [0.25, 0.3) is 0 Å². The molecule has 0 aliphatic carbocycles. The van der Waals surface area contributed by atoms with Gasteiger partial charge < -0.3 is 9.47 Å². The van der Waals surface area contributed by atoms with Crippen LogP contribution in [0.15, 0.2) is 4.90 Å². The molecule has 2 heterocycles. The number of aryl methyl sites for hydroxylation is 1. The first kappa shape index (κ1) is 14.3. The normalized spacial score (nSPS) is 19.6. The minimum atomic E-state index is -4.07. The molecular formula is C10H13ClN2O5S. The van der Waals surface area contributed by atoms with Crippen LogP contribution in [0.3, 0.4) is 0 Å². The molecule has 0 amide bonds. The topological polar surface area (TPSA) is 98.3 Å². The van der Waals surface area contributed by atoms with E-state index in [1.807, 2.05) is 0 Å². The summed E-state index contributed by atoms with van der Waals surface area (Å²) >= 11 is 0. The summed E-state index contributed by atoms with van der Waals surface area (Å²) in [6.45, 7) is 2.54. The van der Waals surface area contributed by atoms with Crippen molar-refractivity contribution in [2.45, 2.75) is 30.8 Å². The number of hydrogen-bond acceptors (Lipinski definition) is 6. The molecule has 1 aliphatic heterocycles. The Hall–Kier alpha value is -1.12. The summed E-state index contributed by atoms with van der Waals surface area (Å²) in [5.74, 6) is -0.814. The number of halogens is 1. The highest BCUT2D eigenvalue weighted by molar-refractivity contribution is 8.13. The van der Waals surface area contributed by atoms with E-state index in [-0.39, 0.29) is 22.4 Å². The largest absolute Gasteiger partial charge is 0.455 e. The molecule has 0 radical (unpaired) electrons. The molecule has 1 N–H and O–H groups in total. The van der Waals surface area contributed by atoms with Gasteiger partial charge in [0, 0.05) is 17.1 Å². The Kier molecular flexibility index (Phi) is 4.12. The van der Waals surface area contributed by atoms with E-state index >= 15 is 0 Å². The predicted octanol–water partition coefficient (Wildman–Crippen LogP) is 0.845. The van der Waals surface area contributed by atoms with Crippen molar-refractivity contribution in [1.82, 2.24) is 10.2 Å². The van der Waals surface area contributed by atoms with Crippen molar-refractivity contribution in [2.75, 3.05) is 13.2 Å². The van der Waals surface area contributed by atoms with Crippen molar-refractivity contribution in [3.05, 3.63) is 11.4 Å². The number of rotatable bonds is 4. The summed E-state index contributed by atoms with van der Waals surface area (Å²) in [7, 11) is 1.26. The number of carbonyl (C=O) groups excluding carboxylic acids is 1. The molecule has 1 aromatic rings. The lowest BCUT2D eigenvalue weighted by Crippen LogP contribution is -2.19. The first-order valence-electron chi connectivity index (χ1n) is 5.74. The maximum atomic E-state index is 11.9. The number of carbonyl (C=O) groups is 1. The van der Waals surface area contributed by atoms with E-state index in [4.69, 9.17) is 20.2 Å². The van der Waals surface area contributed by atoms with Gasteiger partial charge in [0.2, 0.25) is 0 Å². The summed E-state index contributed by atoms with van der Waals surface area (Å²) in [5, 5.41) is 6.18. The second-order valence-electron chi connectivity index (χ2n) is 4.06. The smallest absolute Gasteiger partial charge is 0.360 e. The zero-order valence-corrected chi connectivity index (χ0v) is 11.8. The summed E-state index contributed by atoms with van der Waals surface area (Å²) in [6, 6.07) is 0. The SMILES string of the molecule is CCc1[nH]nc(C(=O)OC2CCOC2)c1S(=O)(=O)Cl. The molecule has 0 aromatic carbocycles. The monoisotopic (exact) mass is 308 g/mol. The van der Waals surface area contributed by atoms with Crippen LogP contribution in [0.4, 0.5) is 0 Å². The quantitative estimate of drug-likeness (QED) is 0.654. The molecule has 1 unspecified atom stereocenters. The van der Waals surface area contributed by atoms with Crippen molar-refractivity contribution < 1.29 is 22.7 Å². The minimum Gasteiger partial charge on any atom is -0.455 e. The summed E-state index contributed by atoms with van der Waals surface area (Å²) in [4.78, 5) is 11.6. The molecule has 1 fully saturated rings. The van der Waals surface area contributed by atoms with Gasteiger partial charge in [0.15, 0.2) is 5.69 Å². The number of aromatic nitrogens is 2. The lowest BCUT2D eigenvalue weighted by atomic mass is 10.3. The van der Waals surface area contributed by atoms with Gasteiger partial charge in [0.05, 0.1) is 18.9 Å². The van der Waals surface area contributed by atoms with Crippen LogP contribution < -0.4 is 0 Å². The molecule has 0 saturated carbocycles. The Labute approximate surface area is 114 Å². The van der Waals surface area contributed by atoms with E-state index in [2.05, 4.69) is 10.2 Å². The number of hydrogen-bond donors (Lipinski definition) is 1. The van der Waals surface area contributed by atoms with Crippen LogP contribution in [0.5, 0.6) is 0 Å². The first-order chi connectivity index (χ1) is 8.93. The van der Waals surface area contributed by atoms with E-state index in [1.165, 1.54) is 0 Å². The maximum Gasteiger partial charge on any atom is 0.360 e. The van der Waals surface area contributed by atoms with E-state index < -0.39 is 15.0 Å². The molecule has 1 aromatic heterocycles. The predicted molar refractivity (Wildman–Crippen MR) is 65.6 cm³/mol. The molecule has 0 bridgehead atoms. The Bertz CT molecular complexity index is 577. The lowest BCUT2D eigenvalue weighted by molar-refractivity contribution is 0.0259. The molecule has 1 atom stereocenters. The summed E-state index contributed by atoms with van der Waals surface area (Å²) in [6.07, 6.45) is 0.563. The maximum absolute atomic E-state index is 11.9. The zero-order valence-electron chi connectivity index (χ0n) is 10.2. The average molecular weight is 309 g/mol. The number of esters is 1. The first-order valence-corrected chi connectivity index (χ1v) is 8.05. The van der Waals surface area contributed by atoms with Crippen LogP contribution in [0.1, 0.15) is 29.5 Å². The molecule has 7 nitrogen and oxygen atoms in total. The number of ether oxygens (including phenoxy) is 2. The Balaban J connectivity index is 2.29. The third-order valence-corrected chi connectivity index (χ3v) is 4.13. The Morgan fingerprint density at radius 1 is 1.63 bits per heavy atom. The van der Waals surface area contributed by atoms with Gasteiger partial charge in [-0.2, -0.15) is 5.10 Å². The third kappa shape index (κ3) is 3.07. The van der Waals surface area contributed by atoms with Crippen LogP contribution >= 0.6 is 10.7 Å². The van der Waals surface area contributed by atoms with Crippen molar-refractivity contribution in [2.24, 2.45) is 0 Å². The fourth-order valence-corrected chi connectivity index (χ4v) is 3.16. The van der Waals surface area contributed by atoms with Crippen molar-refractivity contribution in [1.29, 1.82) is 0 Å². The van der Waals surface area contributed by atoms with Gasteiger partial charge in [-0.15, -0.1) is 0 Å². The molecule has 0 spiro atoms. The number of nitrogens with zero attached hydrogens (tertiary/aromatic N) is 1. The van der Waals surface area contributed by atoms with Gasteiger partial charge in [-0.3, -0.25) is 5.10 Å². The van der Waals surface area contributed by atoms with Gasteiger partial charge in [-0.05, 0) is 6.42 Å². The van der Waals surface area contributed by atoms with E-state index in [1.54, 1.807) is 6.92 Å². The molecule has 106 valence electrons. The Morgan fingerprint density at radius 2 is 2.37 bits per heavy atom. The number of nitrogens with one attached hydrogen (secondary N) is 1. The van der Waals surface area contributed by atoms with Crippen molar-refractivity contribution >= 4 is 25.7 Å². The van der Waals surface area contributed by atoms with Crippen LogP contribution in [-0.4, -0.2) is 43.9 Å². The zero-order chi connectivity index (χ0) is 14.0. The van der Waals surface area contributed by atoms with E-state index in [0.717, 1.165) is 0 Å². The number of aromatic amines is 1.